The van der Waals surface area contributed by atoms with Crippen LogP contribution in [0.15, 0.2) is 24.3 Å². The van der Waals surface area contributed by atoms with Crippen molar-refractivity contribution in [3.8, 4) is 5.75 Å². The Hall–Kier alpha value is -1.55. The zero-order chi connectivity index (χ0) is 14.6. The second-order valence-electron chi connectivity index (χ2n) is 4.73. The molecule has 4 nitrogen and oxygen atoms in total. The van der Waals surface area contributed by atoms with Gasteiger partial charge in [0.2, 0.25) is 5.91 Å². The summed E-state index contributed by atoms with van der Waals surface area (Å²) in [6.45, 7) is 3.40. The topological polar surface area (TPSA) is 58.6 Å². The van der Waals surface area contributed by atoms with Crippen molar-refractivity contribution in [3.63, 3.8) is 0 Å². The molecule has 0 spiro atoms. The highest BCUT2D eigenvalue weighted by Gasteiger charge is 2.01. The molecule has 1 amide bonds. The molecule has 1 aromatic rings. The van der Waals surface area contributed by atoms with E-state index >= 15 is 0 Å². The second kappa shape index (κ2) is 10.3. The lowest BCUT2D eigenvalue weighted by Crippen LogP contribution is -2.25. The summed E-state index contributed by atoms with van der Waals surface area (Å²) in [5.41, 5.74) is 1.28. The Morgan fingerprint density at radius 2 is 1.95 bits per heavy atom. The van der Waals surface area contributed by atoms with Gasteiger partial charge in [-0.15, -0.1) is 0 Å². The number of carbonyl (C=O) groups excluding carboxylic acids is 1. The van der Waals surface area contributed by atoms with Gasteiger partial charge in [-0.3, -0.25) is 4.79 Å². The van der Waals surface area contributed by atoms with Crippen LogP contribution in [0.2, 0.25) is 0 Å². The van der Waals surface area contributed by atoms with E-state index in [4.69, 9.17) is 9.84 Å². The van der Waals surface area contributed by atoms with Gasteiger partial charge in [0.25, 0.3) is 0 Å². The number of carbonyl (C=O) groups is 1. The minimum Gasteiger partial charge on any atom is -0.493 e. The number of hydrogen-bond donors (Lipinski definition) is 2. The van der Waals surface area contributed by atoms with E-state index in [2.05, 4.69) is 12.2 Å². The number of aliphatic hydroxyl groups is 1. The van der Waals surface area contributed by atoms with Crippen molar-refractivity contribution < 1.29 is 14.6 Å². The van der Waals surface area contributed by atoms with Crippen molar-refractivity contribution in [1.82, 2.24) is 5.32 Å². The number of hydrogen-bond acceptors (Lipinski definition) is 3. The number of aryl methyl sites for hydroxylation is 1. The maximum atomic E-state index is 11.5. The van der Waals surface area contributed by atoms with Crippen molar-refractivity contribution in [1.29, 1.82) is 0 Å². The first-order chi connectivity index (χ1) is 9.76. The average molecular weight is 279 g/mol. The van der Waals surface area contributed by atoms with E-state index in [0.29, 0.717) is 19.6 Å². The van der Waals surface area contributed by atoms with E-state index in [-0.39, 0.29) is 12.5 Å². The van der Waals surface area contributed by atoms with Crippen LogP contribution >= 0.6 is 0 Å². The van der Waals surface area contributed by atoms with Crippen LogP contribution in [0.1, 0.15) is 38.2 Å². The van der Waals surface area contributed by atoms with Crippen LogP contribution in [0.5, 0.6) is 5.75 Å². The van der Waals surface area contributed by atoms with Crippen LogP contribution < -0.4 is 10.1 Å². The summed E-state index contributed by atoms with van der Waals surface area (Å²) in [5, 5.41) is 11.5. The highest BCUT2D eigenvalue weighted by atomic mass is 16.5. The second-order valence-corrected chi connectivity index (χ2v) is 4.73. The zero-order valence-corrected chi connectivity index (χ0v) is 12.2. The van der Waals surface area contributed by atoms with Gasteiger partial charge in [-0.25, -0.2) is 0 Å². The molecule has 0 radical (unpaired) electrons. The molecule has 0 saturated heterocycles. The predicted molar refractivity (Wildman–Crippen MR) is 79.9 cm³/mol. The van der Waals surface area contributed by atoms with Crippen LogP contribution in [0, 0.1) is 0 Å². The Morgan fingerprint density at radius 1 is 1.20 bits per heavy atom. The highest BCUT2D eigenvalue weighted by molar-refractivity contribution is 5.75. The van der Waals surface area contributed by atoms with Gasteiger partial charge in [0, 0.05) is 13.2 Å². The minimum absolute atomic E-state index is 0.0131. The van der Waals surface area contributed by atoms with Gasteiger partial charge in [-0.1, -0.05) is 19.1 Å². The van der Waals surface area contributed by atoms with Gasteiger partial charge in [0.15, 0.2) is 0 Å². The van der Waals surface area contributed by atoms with Gasteiger partial charge >= 0.3 is 0 Å². The summed E-state index contributed by atoms with van der Waals surface area (Å²) in [6.07, 6.45) is 4.03. The third-order valence-corrected chi connectivity index (χ3v) is 3.09. The molecule has 0 aliphatic carbocycles. The molecule has 2 N–H and O–H groups in total. The van der Waals surface area contributed by atoms with E-state index in [1.807, 2.05) is 24.3 Å². The van der Waals surface area contributed by atoms with Crippen molar-refractivity contribution in [2.45, 2.75) is 39.0 Å². The number of aliphatic hydroxyl groups excluding tert-OH is 1. The summed E-state index contributed by atoms with van der Waals surface area (Å²) in [7, 11) is 0. The van der Waals surface area contributed by atoms with E-state index in [0.717, 1.165) is 31.4 Å². The smallest absolute Gasteiger partial charge is 0.223 e. The Kier molecular flexibility index (Phi) is 8.47. The summed E-state index contributed by atoms with van der Waals surface area (Å²) in [6, 6.07) is 7.95. The number of unbranched alkanes of at least 4 members (excludes halogenated alkanes) is 2. The lowest BCUT2D eigenvalue weighted by atomic mass is 10.2. The van der Waals surface area contributed by atoms with E-state index in [9.17, 15) is 4.79 Å². The first kappa shape index (κ1) is 16.5. The first-order valence-corrected chi connectivity index (χ1v) is 7.35. The minimum atomic E-state index is 0.0131. The number of ether oxygens (including phenoxy) is 1. The number of nitrogens with one attached hydrogen (secondary N) is 1. The normalized spacial score (nSPS) is 10.3. The largest absolute Gasteiger partial charge is 0.493 e. The van der Waals surface area contributed by atoms with E-state index < -0.39 is 0 Å². The SMILES string of the molecule is CCc1ccc(OCCC(=O)NCCCCCO)cc1. The van der Waals surface area contributed by atoms with E-state index in [1.165, 1.54) is 5.56 Å². The van der Waals surface area contributed by atoms with Crippen molar-refractivity contribution in [3.05, 3.63) is 29.8 Å². The number of benzene rings is 1. The van der Waals surface area contributed by atoms with Crippen LogP contribution in [-0.2, 0) is 11.2 Å². The van der Waals surface area contributed by atoms with Gasteiger partial charge in [-0.2, -0.15) is 0 Å². The molecule has 4 heteroatoms. The molecule has 112 valence electrons. The molecule has 0 heterocycles. The Labute approximate surface area is 121 Å². The van der Waals surface area contributed by atoms with Gasteiger partial charge in [0.1, 0.15) is 5.75 Å². The third kappa shape index (κ3) is 7.14. The highest BCUT2D eigenvalue weighted by Crippen LogP contribution is 2.12. The van der Waals surface area contributed by atoms with Gasteiger partial charge in [-0.05, 0) is 43.4 Å². The van der Waals surface area contributed by atoms with Gasteiger partial charge in [0.05, 0.1) is 13.0 Å². The summed E-state index contributed by atoms with van der Waals surface area (Å²) in [5.74, 6) is 0.817. The Morgan fingerprint density at radius 3 is 2.60 bits per heavy atom. The van der Waals surface area contributed by atoms with Crippen LogP contribution in [0.4, 0.5) is 0 Å². The molecule has 0 saturated carbocycles. The quantitative estimate of drug-likeness (QED) is 0.646. The monoisotopic (exact) mass is 279 g/mol. The fourth-order valence-corrected chi connectivity index (χ4v) is 1.81. The average Bonchev–Trinajstić information content (AvgIpc) is 2.48. The summed E-state index contributed by atoms with van der Waals surface area (Å²) < 4.78 is 5.53. The number of rotatable bonds is 10. The van der Waals surface area contributed by atoms with Gasteiger partial charge < -0.3 is 15.2 Å². The lowest BCUT2D eigenvalue weighted by Gasteiger charge is -2.07. The molecule has 0 aliphatic heterocycles. The maximum Gasteiger partial charge on any atom is 0.223 e. The molecule has 1 rings (SSSR count). The van der Waals surface area contributed by atoms with Crippen LogP contribution in [0.3, 0.4) is 0 Å². The van der Waals surface area contributed by atoms with Crippen molar-refractivity contribution in [2.75, 3.05) is 19.8 Å². The van der Waals surface area contributed by atoms with Crippen molar-refractivity contribution in [2.24, 2.45) is 0 Å². The standard InChI is InChI=1S/C16H25NO3/c1-2-14-6-8-15(9-7-14)20-13-10-16(19)17-11-4-3-5-12-18/h6-9,18H,2-5,10-13H2,1H3,(H,17,19). The predicted octanol–water partition coefficient (Wildman–Crippen LogP) is 2.30. The van der Waals surface area contributed by atoms with E-state index in [1.54, 1.807) is 0 Å². The zero-order valence-electron chi connectivity index (χ0n) is 12.2. The molecule has 0 atom stereocenters. The molecular weight excluding hydrogens is 254 g/mol. The maximum absolute atomic E-state index is 11.5. The summed E-state index contributed by atoms with van der Waals surface area (Å²) in [4.78, 5) is 11.5. The fourth-order valence-electron chi connectivity index (χ4n) is 1.81. The molecule has 0 fully saturated rings. The third-order valence-electron chi connectivity index (χ3n) is 3.09. The molecule has 0 unspecified atom stereocenters. The molecule has 20 heavy (non-hydrogen) atoms. The molecule has 0 aliphatic rings. The molecule has 1 aromatic carbocycles. The lowest BCUT2D eigenvalue weighted by molar-refractivity contribution is -0.121. The fraction of sp³-hybridized carbons (Fsp3) is 0.562. The molecule has 0 aromatic heterocycles. The summed E-state index contributed by atoms with van der Waals surface area (Å²) >= 11 is 0. The van der Waals surface area contributed by atoms with Crippen molar-refractivity contribution >= 4 is 5.91 Å². The number of amides is 1. The Balaban J connectivity index is 2.08. The molecular formula is C16H25NO3. The van der Waals surface area contributed by atoms with Crippen LogP contribution in [-0.4, -0.2) is 30.8 Å². The Bertz CT molecular complexity index is 376. The first-order valence-electron chi connectivity index (χ1n) is 7.35. The molecule has 0 bridgehead atoms. The van der Waals surface area contributed by atoms with Crippen LogP contribution in [0.25, 0.3) is 0 Å².